The molecule has 4 heteroatoms. The molecule has 106 valence electrons. The Labute approximate surface area is 120 Å². The van der Waals surface area contributed by atoms with Crippen LogP contribution in [0.15, 0.2) is 11.6 Å². The van der Waals surface area contributed by atoms with Gasteiger partial charge < -0.3 is 5.11 Å². The molecule has 0 saturated carbocycles. The average Bonchev–Trinajstić information content (AvgIpc) is 2.57. The van der Waals surface area contributed by atoms with Gasteiger partial charge in [-0.25, -0.2) is 0 Å². The van der Waals surface area contributed by atoms with Crippen molar-refractivity contribution in [2.24, 2.45) is 0 Å². The van der Waals surface area contributed by atoms with Crippen LogP contribution in [0.1, 0.15) is 50.9 Å². The van der Waals surface area contributed by atoms with Crippen molar-refractivity contribution >= 4 is 11.6 Å². The summed E-state index contributed by atoms with van der Waals surface area (Å²) in [6.45, 7) is 5.00. The fraction of sp³-hybridized carbons (Fsp3) is 0.667. The Morgan fingerprint density at radius 2 is 2.21 bits per heavy atom. The summed E-state index contributed by atoms with van der Waals surface area (Å²) in [6, 6.07) is 0. The highest BCUT2D eigenvalue weighted by Gasteiger charge is 2.17. The summed E-state index contributed by atoms with van der Waals surface area (Å²) < 4.78 is 2.00. The van der Waals surface area contributed by atoms with Gasteiger partial charge in [0.25, 0.3) is 0 Å². The lowest BCUT2D eigenvalue weighted by Gasteiger charge is -2.09. The Morgan fingerprint density at radius 1 is 1.42 bits per heavy atom. The standard InChI is InChI=1S/C15H23ClN2O/c1-3-13-15(16)14(18(4-2)17-13)10-11-7-5-6-8-12(19)9-11/h9,12,19H,3-8,10H2,1-2H3. The zero-order valence-electron chi connectivity index (χ0n) is 11.8. The van der Waals surface area contributed by atoms with Gasteiger partial charge in [0.2, 0.25) is 0 Å². The van der Waals surface area contributed by atoms with Crippen molar-refractivity contribution in [1.82, 2.24) is 9.78 Å². The van der Waals surface area contributed by atoms with Gasteiger partial charge in [0, 0.05) is 13.0 Å². The third-order valence-electron chi connectivity index (χ3n) is 3.76. The Balaban J connectivity index is 2.24. The number of aryl methyl sites for hydroxylation is 2. The van der Waals surface area contributed by atoms with Crippen molar-refractivity contribution in [2.75, 3.05) is 0 Å². The summed E-state index contributed by atoms with van der Waals surface area (Å²) in [5, 5.41) is 15.2. The van der Waals surface area contributed by atoms with Crippen LogP contribution in [-0.2, 0) is 19.4 Å². The van der Waals surface area contributed by atoms with Crippen molar-refractivity contribution in [3.05, 3.63) is 28.1 Å². The molecule has 1 unspecified atom stereocenters. The second-order valence-electron chi connectivity index (χ2n) is 5.19. The first-order valence-corrected chi connectivity index (χ1v) is 7.65. The van der Waals surface area contributed by atoms with Gasteiger partial charge in [-0.3, -0.25) is 4.68 Å². The molecule has 0 bridgehead atoms. The molecule has 1 aromatic rings. The van der Waals surface area contributed by atoms with Crippen LogP contribution in [0.4, 0.5) is 0 Å². The van der Waals surface area contributed by atoms with Crippen LogP contribution in [0.2, 0.25) is 5.02 Å². The first-order chi connectivity index (χ1) is 9.15. The Bertz CT molecular complexity index is 465. The third-order valence-corrected chi connectivity index (χ3v) is 4.20. The zero-order valence-corrected chi connectivity index (χ0v) is 12.6. The van der Waals surface area contributed by atoms with Gasteiger partial charge in [0.1, 0.15) is 0 Å². The van der Waals surface area contributed by atoms with E-state index in [4.69, 9.17) is 11.6 Å². The van der Waals surface area contributed by atoms with Crippen LogP contribution < -0.4 is 0 Å². The van der Waals surface area contributed by atoms with Crippen molar-refractivity contribution in [1.29, 1.82) is 0 Å². The van der Waals surface area contributed by atoms with Crippen LogP contribution in [0, 0.1) is 0 Å². The number of aliphatic hydroxyl groups is 1. The van der Waals surface area contributed by atoms with Crippen molar-refractivity contribution < 1.29 is 5.11 Å². The second kappa shape index (κ2) is 6.58. The van der Waals surface area contributed by atoms with E-state index in [-0.39, 0.29) is 6.10 Å². The first kappa shape index (κ1) is 14.6. The lowest BCUT2D eigenvalue weighted by Crippen LogP contribution is -2.06. The maximum Gasteiger partial charge on any atom is 0.0853 e. The second-order valence-corrected chi connectivity index (χ2v) is 5.57. The number of halogens is 1. The minimum atomic E-state index is -0.292. The number of hydrogen-bond donors (Lipinski definition) is 1. The average molecular weight is 283 g/mol. The molecule has 1 aliphatic carbocycles. The number of nitrogens with zero attached hydrogens (tertiary/aromatic N) is 2. The quantitative estimate of drug-likeness (QED) is 0.858. The molecule has 1 aliphatic rings. The fourth-order valence-electron chi connectivity index (χ4n) is 2.69. The van der Waals surface area contributed by atoms with Gasteiger partial charge in [-0.1, -0.05) is 36.6 Å². The minimum absolute atomic E-state index is 0.292. The highest BCUT2D eigenvalue weighted by molar-refractivity contribution is 6.31. The smallest absolute Gasteiger partial charge is 0.0853 e. The largest absolute Gasteiger partial charge is 0.389 e. The number of rotatable bonds is 4. The van der Waals surface area contributed by atoms with Gasteiger partial charge in [-0.05, 0) is 32.6 Å². The predicted octanol–water partition coefficient (Wildman–Crippen LogP) is 3.52. The molecular weight excluding hydrogens is 260 g/mol. The first-order valence-electron chi connectivity index (χ1n) is 7.27. The third kappa shape index (κ3) is 3.40. The molecule has 0 saturated heterocycles. The normalized spacial score (nSPS) is 20.2. The fourth-order valence-corrected chi connectivity index (χ4v) is 3.03. The number of aromatic nitrogens is 2. The minimum Gasteiger partial charge on any atom is -0.389 e. The van der Waals surface area contributed by atoms with Gasteiger partial charge in [0.05, 0.1) is 22.5 Å². The zero-order chi connectivity index (χ0) is 13.8. The van der Waals surface area contributed by atoms with E-state index >= 15 is 0 Å². The van der Waals surface area contributed by atoms with E-state index in [1.165, 1.54) is 5.57 Å². The molecule has 19 heavy (non-hydrogen) atoms. The maximum atomic E-state index is 9.85. The molecule has 0 amide bonds. The van der Waals surface area contributed by atoms with E-state index in [0.717, 1.165) is 61.5 Å². The molecule has 1 aromatic heterocycles. The van der Waals surface area contributed by atoms with Gasteiger partial charge in [-0.2, -0.15) is 5.10 Å². The molecule has 0 spiro atoms. The molecule has 1 heterocycles. The van der Waals surface area contributed by atoms with E-state index in [9.17, 15) is 5.11 Å². The number of aliphatic hydroxyl groups excluding tert-OH is 1. The van der Waals surface area contributed by atoms with E-state index < -0.39 is 0 Å². The summed E-state index contributed by atoms with van der Waals surface area (Å²) in [4.78, 5) is 0. The maximum absolute atomic E-state index is 9.85. The Hall–Kier alpha value is -0.800. The molecule has 0 aliphatic heterocycles. The Kier molecular flexibility index (Phi) is 5.06. The predicted molar refractivity (Wildman–Crippen MR) is 78.6 cm³/mol. The van der Waals surface area contributed by atoms with Crippen LogP contribution in [0.3, 0.4) is 0 Å². The van der Waals surface area contributed by atoms with Crippen molar-refractivity contribution in [2.45, 2.75) is 65.0 Å². The van der Waals surface area contributed by atoms with Crippen LogP contribution in [0.5, 0.6) is 0 Å². The van der Waals surface area contributed by atoms with Crippen LogP contribution in [-0.4, -0.2) is 21.0 Å². The highest BCUT2D eigenvalue weighted by atomic mass is 35.5. The van der Waals surface area contributed by atoms with Gasteiger partial charge >= 0.3 is 0 Å². The topological polar surface area (TPSA) is 38.0 Å². The van der Waals surface area contributed by atoms with Crippen molar-refractivity contribution in [3.8, 4) is 0 Å². The number of hydrogen-bond acceptors (Lipinski definition) is 2. The van der Waals surface area contributed by atoms with E-state index in [2.05, 4.69) is 18.9 Å². The lowest BCUT2D eigenvalue weighted by molar-refractivity contribution is 0.211. The van der Waals surface area contributed by atoms with Gasteiger partial charge in [-0.15, -0.1) is 0 Å². The highest BCUT2D eigenvalue weighted by Crippen LogP contribution is 2.27. The molecular formula is C15H23ClN2O. The van der Waals surface area contributed by atoms with Crippen LogP contribution >= 0.6 is 11.6 Å². The number of allylic oxidation sites excluding steroid dienone is 1. The molecule has 0 radical (unpaired) electrons. The monoisotopic (exact) mass is 282 g/mol. The molecule has 1 N–H and O–H groups in total. The summed E-state index contributed by atoms with van der Waals surface area (Å²) in [5.41, 5.74) is 3.37. The molecule has 0 aromatic carbocycles. The van der Waals surface area contributed by atoms with E-state index in [1.54, 1.807) is 0 Å². The van der Waals surface area contributed by atoms with Crippen molar-refractivity contribution in [3.63, 3.8) is 0 Å². The molecule has 0 fully saturated rings. The molecule has 3 nitrogen and oxygen atoms in total. The van der Waals surface area contributed by atoms with E-state index in [1.807, 2.05) is 10.8 Å². The summed E-state index contributed by atoms with van der Waals surface area (Å²) in [7, 11) is 0. The van der Waals surface area contributed by atoms with Crippen LogP contribution in [0.25, 0.3) is 0 Å². The molecule has 2 rings (SSSR count). The Morgan fingerprint density at radius 3 is 2.89 bits per heavy atom. The van der Waals surface area contributed by atoms with Gasteiger partial charge in [0.15, 0.2) is 0 Å². The summed E-state index contributed by atoms with van der Waals surface area (Å²) in [5.74, 6) is 0. The molecule has 1 atom stereocenters. The summed E-state index contributed by atoms with van der Waals surface area (Å²) >= 11 is 6.43. The summed E-state index contributed by atoms with van der Waals surface area (Å²) in [6.07, 6.45) is 7.59. The SMILES string of the molecule is CCc1nn(CC)c(CC2=CC(O)CCCC2)c1Cl. The lowest BCUT2D eigenvalue weighted by atomic mass is 10.0. The van der Waals surface area contributed by atoms with E-state index in [0.29, 0.717) is 0 Å².